The summed E-state index contributed by atoms with van der Waals surface area (Å²) in [4.78, 5) is 22.6. The quantitative estimate of drug-likeness (QED) is 0.413. The largest absolute Gasteiger partial charge is 0.481 e. The second-order valence-electron chi connectivity index (χ2n) is 6.53. The van der Waals surface area contributed by atoms with Crippen molar-refractivity contribution in [3.63, 3.8) is 0 Å². The van der Waals surface area contributed by atoms with Gasteiger partial charge in [-0.15, -0.1) is 0 Å². The summed E-state index contributed by atoms with van der Waals surface area (Å²) in [7, 11) is -1.65. The van der Waals surface area contributed by atoms with Gasteiger partial charge in [0.25, 0.3) is 0 Å². The van der Waals surface area contributed by atoms with Crippen molar-refractivity contribution in [3.05, 3.63) is 11.6 Å². The average Bonchev–Trinajstić information content (AvgIpc) is 2.88. The highest BCUT2D eigenvalue weighted by Gasteiger charge is 2.34. The molecule has 23 heavy (non-hydrogen) atoms. The molecule has 0 saturated heterocycles. The molecule has 132 valence electrons. The van der Waals surface area contributed by atoms with Gasteiger partial charge in [0.2, 0.25) is 0 Å². The van der Waals surface area contributed by atoms with Gasteiger partial charge in [0.1, 0.15) is 0 Å². The summed E-state index contributed by atoms with van der Waals surface area (Å²) in [6.07, 6.45) is 7.22. The number of allylic oxidation sites excluding steroid dienone is 1. The summed E-state index contributed by atoms with van der Waals surface area (Å²) in [5, 5.41) is 8.60. The summed E-state index contributed by atoms with van der Waals surface area (Å²) in [5.41, 5.74) is 0.930. The average molecular weight is 341 g/mol. The molecule has 0 aliphatic heterocycles. The summed E-state index contributed by atoms with van der Waals surface area (Å²) < 4.78 is 6.39. The van der Waals surface area contributed by atoms with Crippen LogP contribution in [-0.4, -0.2) is 31.3 Å². The van der Waals surface area contributed by atoms with Crippen LogP contribution in [0.2, 0.25) is 18.1 Å². The third kappa shape index (κ3) is 6.59. The molecule has 0 bridgehead atoms. The van der Waals surface area contributed by atoms with Crippen LogP contribution in [0.5, 0.6) is 0 Å². The number of unbranched alkanes of at least 4 members (excludes halogenated alkanes) is 3. The Morgan fingerprint density at radius 2 is 1.78 bits per heavy atom. The number of Topliss-reactive ketones (excluding diaryl/α,β-unsaturated/α-hetero) is 1. The summed E-state index contributed by atoms with van der Waals surface area (Å²) >= 11 is 0. The standard InChI is InChI=1S/C18H32O4Si/c1-4-23(5-2,6-3)22-16-13-15(17(19)14-16)11-9-7-8-10-12-18(20)21/h13,16H,4-12,14H2,1-3H3,(H,20,21). The second kappa shape index (κ2) is 10.0. The van der Waals surface area contributed by atoms with E-state index < -0.39 is 14.3 Å². The zero-order valence-corrected chi connectivity index (χ0v) is 15.9. The van der Waals surface area contributed by atoms with Crippen molar-refractivity contribution in [2.24, 2.45) is 0 Å². The molecule has 0 amide bonds. The zero-order valence-electron chi connectivity index (χ0n) is 14.9. The summed E-state index contributed by atoms with van der Waals surface area (Å²) in [5.74, 6) is -0.485. The van der Waals surface area contributed by atoms with Crippen molar-refractivity contribution in [2.45, 2.75) is 90.0 Å². The van der Waals surface area contributed by atoms with E-state index in [0.29, 0.717) is 6.42 Å². The smallest absolute Gasteiger partial charge is 0.303 e. The Kier molecular flexibility index (Phi) is 8.77. The minimum absolute atomic E-state index is 0.00368. The second-order valence-corrected chi connectivity index (χ2v) is 11.3. The Morgan fingerprint density at radius 3 is 2.35 bits per heavy atom. The van der Waals surface area contributed by atoms with E-state index in [1.807, 2.05) is 0 Å². The van der Waals surface area contributed by atoms with Gasteiger partial charge < -0.3 is 9.53 Å². The topological polar surface area (TPSA) is 63.6 Å². The lowest BCUT2D eigenvalue weighted by Crippen LogP contribution is -2.39. The maximum Gasteiger partial charge on any atom is 0.303 e. The van der Waals surface area contributed by atoms with Gasteiger partial charge in [-0.2, -0.15) is 0 Å². The van der Waals surface area contributed by atoms with Crippen LogP contribution in [0.4, 0.5) is 0 Å². The summed E-state index contributed by atoms with van der Waals surface area (Å²) in [6.45, 7) is 6.62. The van der Waals surface area contributed by atoms with Crippen molar-refractivity contribution in [1.82, 2.24) is 0 Å². The van der Waals surface area contributed by atoms with E-state index in [1.165, 1.54) is 0 Å². The number of aliphatic carboxylic acids is 1. The molecular weight excluding hydrogens is 308 g/mol. The lowest BCUT2D eigenvalue weighted by molar-refractivity contribution is -0.137. The van der Waals surface area contributed by atoms with Gasteiger partial charge in [0, 0.05) is 12.8 Å². The predicted molar refractivity (Wildman–Crippen MR) is 95.1 cm³/mol. The number of ketones is 1. The molecule has 4 nitrogen and oxygen atoms in total. The molecule has 1 rings (SSSR count). The lowest BCUT2D eigenvalue weighted by Gasteiger charge is -2.30. The normalized spacial score (nSPS) is 18.3. The van der Waals surface area contributed by atoms with Crippen molar-refractivity contribution >= 4 is 20.1 Å². The van der Waals surface area contributed by atoms with Gasteiger partial charge in [0.15, 0.2) is 14.1 Å². The molecule has 0 aromatic carbocycles. The van der Waals surface area contributed by atoms with E-state index in [2.05, 4.69) is 26.8 Å². The molecule has 1 N–H and O–H groups in total. The van der Waals surface area contributed by atoms with E-state index in [4.69, 9.17) is 9.53 Å². The van der Waals surface area contributed by atoms with Crippen LogP contribution in [0.3, 0.4) is 0 Å². The number of carboxylic acids is 1. The first kappa shape index (κ1) is 20.1. The molecule has 0 spiro atoms. The molecule has 1 aliphatic rings. The van der Waals surface area contributed by atoms with Crippen LogP contribution in [0, 0.1) is 0 Å². The van der Waals surface area contributed by atoms with Crippen molar-refractivity contribution in [1.29, 1.82) is 0 Å². The molecule has 0 aromatic rings. The molecule has 5 heteroatoms. The number of hydrogen-bond donors (Lipinski definition) is 1. The zero-order chi connectivity index (χ0) is 17.3. The minimum atomic E-state index is -1.65. The fourth-order valence-electron chi connectivity index (χ4n) is 3.25. The number of rotatable bonds is 12. The molecule has 0 fully saturated rings. The molecule has 0 saturated carbocycles. The van der Waals surface area contributed by atoms with Crippen LogP contribution in [0.15, 0.2) is 11.6 Å². The Balaban J connectivity index is 2.39. The Labute approximate surface area is 141 Å². The van der Waals surface area contributed by atoms with E-state index in [-0.39, 0.29) is 18.3 Å². The molecule has 1 atom stereocenters. The first-order valence-electron chi connectivity index (χ1n) is 9.09. The van der Waals surface area contributed by atoms with E-state index in [9.17, 15) is 9.59 Å². The van der Waals surface area contributed by atoms with Crippen molar-refractivity contribution in [2.75, 3.05) is 0 Å². The molecule has 0 aromatic heterocycles. The first-order chi connectivity index (χ1) is 11.0. The fourth-order valence-corrected chi connectivity index (χ4v) is 6.05. The Hall–Kier alpha value is -0.943. The van der Waals surface area contributed by atoms with E-state index in [1.54, 1.807) is 0 Å². The molecular formula is C18H32O4Si. The van der Waals surface area contributed by atoms with Crippen molar-refractivity contribution in [3.8, 4) is 0 Å². The monoisotopic (exact) mass is 340 g/mol. The number of carbonyl (C=O) groups is 2. The highest BCUT2D eigenvalue weighted by Crippen LogP contribution is 2.29. The molecule has 0 heterocycles. The maximum absolute atomic E-state index is 12.1. The van der Waals surface area contributed by atoms with Crippen LogP contribution in [0.25, 0.3) is 0 Å². The van der Waals surface area contributed by atoms with Gasteiger partial charge in [0.05, 0.1) is 6.10 Å². The highest BCUT2D eigenvalue weighted by atomic mass is 28.4. The number of carbonyl (C=O) groups excluding carboxylic acids is 1. The third-order valence-corrected chi connectivity index (χ3v) is 9.72. The highest BCUT2D eigenvalue weighted by molar-refractivity contribution is 6.73. The van der Waals surface area contributed by atoms with Crippen molar-refractivity contribution < 1.29 is 19.1 Å². The Bertz CT molecular complexity index is 418. The van der Waals surface area contributed by atoms with E-state index >= 15 is 0 Å². The van der Waals surface area contributed by atoms with E-state index in [0.717, 1.165) is 55.8 Å². The van der Waals surface area contributed by atoms with Gasteiger partial charge in [-0.1, -0.05) is 33.6 Å². The van der Waals surface area contributed by atoms with Gasteiger partial charge >= 0.3 is 5.97 Å². The third-order valence-electron chi connectivity index (χ3n) is 5.05. The van der Waals surface area contributed by atoms with Crippen LogP contribution in [0.1, 0.15) is 65.7 Å². The molecule has 0 radical (unpaired) electrons. The van der Waals surface area contributed by atoms with Crippen LogP contribution >= 0.6 is 0 Å². The maximum atomic E-state index is 12.1. The first-order valence-corrected chi connectivity index (χ1v) is 11.6. The SMILES string of the molecule is CC[Si](CC)(CC)OC1C=C(CCCCCCC(=O)O)C(=O)C1. The van der Waals surface area contributed by atoms with Crippen LogP contribution < -0.4 is 0 Å². The van der Waals surface area contributed by atoms with Gasteiger partial charge in [-0.25, -0.2) is 0 Å². The minimum Gasteiger partial charge on any atom is -0.481 e. The van der Waals surface area contributed by atoms with Crippen LogP contribution in [-0.2, 0) is 14.0 Å². The number of carboxylic acid groups (broad SMARTS) is 1. The molecule has 1 aliphatic carbocycles. The summed E-state index contributed by atoms with van der Waals surface area (Å²) in [6, 6.07) is 3.33. The Morgan fingerprint density at radius 1 is 1.17 bits per heavy atom. The predicted octanol–water partition coefficient (Wildman–Crippen LogP) is 4.70. The number of hydrogen-bond acceptors (Lipinski definition) is 3. The van der Waals surface area contributed by atoms with Gasteiger partial charge in [-0.3, -0.25) is 9.59 Å². The molecule has 1 unspecified atom stereocenters. The lowest BCUT2D eigenvalue weighted by atomic mass is 10.0. The van der Waals surface area contributed by atoms with Gasteiger partial charge in [-0.05, 0) is 49.0 Å². The fraction of sp³-hybridized carbons (Fsp3) is 0.778.